The molecule has 0 N–H and O–H groups in total. The summed E-state index contributed by atoms with van der Waals surface area (Å²) in [6, 6.07) is 14.0. The van der Waals surface area contributed by atoms with Crippen LogP contribution in [0.5, 0.6) is 17.2 Å². The smallest absolute Gasteiger partial charge is 0.453 e. The largest absolute Gasteiger partial charge is 0.492 e. The van der Waals surface area contributed by atoms with Crippen LogP contribution < -0.4 is 14.2 Å². The molecule has 280 valence electrons. The van der Waals surface area contributed by atoms with Gasteiger partial charge < -0.3 is 28.4 Å². The van der Waals surface area contributed by atoms with E-state index in [0.29, 0.717) is 18.8 Å². The van der Waals surface area contributed by atoms with Gasteiger partial charge in [-0.25, -0.2) is 4.79 Å². The lowest BCUT2D eigenvalue weighted by atomic mass is 9.66. The average molecular weight is 715 g/mol. The molecule has 3 rings (SSSR count). The van der Waals surface area contributed by atoms with Gasteiger partial charge in [0.05, 0.1) is 13.2 Å². The van der Waals surface area contributed by atoms with Gasteiger partial charge in [-0.15, -0.1) is 0 Å². The van der Waals surface area contributed by atoms with Crippen LogP contribution in [0.25, 0.3) is 0 Å². The summed E-state index contributed by atoms with van der Waals surface area (Å²) in [5, 5.41) is 0. The maximum atomic E-state index is 13.3. The van der Waals surface area contributed by atoms with E-state index in [1.807, 2.05) is 24.3 Å². The van der Waals surface area contributed by atoms with Crippen molar-refractivity contribution in [3.63, 3.8) is 0 Å². The molecule has 1 heterocycles. The maximum Gasteiger partial charge on any atom is 0.453 e. The number of benzene rings is 2. The fraction of sp³-hybridized carbons (Fsp3) is 0.605. The Bertz CT molecular complexity index is 1350. The number of unbranched alkanes of at least 4 members (excludes halogenated alkanes) is 6. The highest BCUT2D eigenvalue weighted by atomic mass is 19.4. The zero-order valence-electron chi connectivity index (χ0n) is 29.6. The maximum absolute atomic E-state index is 13.3. The van der Waals surface area contributed by atoms with Crippen LogP contribution in [0.4, 0.5) is 22.0 Å². The van der Waals surface area contributed by atoms with Crippen LogP contribution in [-0.2, 0) is 24.4 Å². The van der Waals surface area contributed by atoms with E-state index in [4.69, 9.17) is 28.4 Å². The van der Waals surface area contributed by atoms with Gasteiger partial charge in [0.2, 0.25) is 0 Å². The van der Waals surface area contributed by atoms with E-state index in [2.05, 4.69) is 25.1 Å². The minimum Gasteiger partial charge on any atom is -0.492 e. The predicted molar refractivity (Wildman–Crippen MR) is 180 cm³/mol. The number of allylic oxidation sites excluding steroid dienone is 1. The van der Waals surface area contributed by atoms with Gasteiger partial charge in [-0.05, 0) is 61.9 Å². The molecule has 0 spiro atoms. The summed E-state index contributed by atoms with van der Waals surface area (Å²) < 4.78 is 96.8. The fourth-order valence-corrected chi connectivity index (χ4v) is 6.26. The topological polar surface area (TPSA) is 72.5 Å². The van der Waals surface area contributed by atoms with E-state index in [1.165, 1.54) is 0 Å². The van der Waals surface area contributed by atoms with E-state index >= 15 is 0 Å². The Kier molecular flexibility index (Phi) is 16.3. The first kappa shape index (κ1) is 41.0. The van der Waals surface area contributed by atoms with Crippen LogP contribution in [0.1, 0.15) is 102 Å². The Balaban J connectivity index is 1.54. The zero-order chi connectivity index (χ0) is 36.6. The molecule has 2 aromatic carbocycles. The quantitative estimate of drug-likeness (QED) is 0.0395. The van der Waals surface area contributed by atoms with Crippen LogP contribution in [0.15, 0.2) is 54.1 Å². The van der Waals surface area contributed by atoms with Crippen LogP contribution in [0.2, 0.25) is 0 Å². The molecule has 1 aliphatic heterocycles. The first-order chi connectivity index (χ1) is 23.9. The van der Waals surface area contributed by atoms with Crippen molar-refractivity contribution in [3.8, 4) is 17.2 Å². The molecule has 2 atom stereocenters. The molecule has 12 heteroatoms. The van der Waals surface area contributed by atoms with Gasteiger partial charge in [0.25, 0.3) is 0 Å². The monoisotopic (exact) mass is 714 g/mol. The lowest BCUT2D eigenvalue weighted by Crippen LogP contribution is -2.40. The number of hydrogen-bond acceptors (Lipinski definition) is 7. The predicted octanol–water partition coefficient (Wildman–Crippen LogP) is 10.1. The Morgan fingerprint density at radius 2 is 1.48 bits per heavy atom. The van der Waals surface area contributed by atoms with Crippen molar-refractivity contribution < 1.29 is 55.2 Å². The molecule has 0 radical (unpaired) electrons. The summed E-state index contributed by atoms with van der Waals surface area (Å²) in [6.45, 7) is 4.76. The molecule has 1 aliphatic rings. The molecule has 0 saturated carbocycles. The Hall–Kier alpha value is -3.38. The minimum absolute atomic E-state index is 0.0907. The normalized spacial score (nSPS) is 17.9. The Morgan fingerprint density at radius 3 is 2.10 bits per heavy atom. The number of hydrogen-bond donors (Lipinski definition) is 0. The summed E-state index contributed by atoms with van der Waals surface area (Å²) in [4.78, 5) is 12.3. The van der Waals surface area contributed by atoms with Gasteiger partial charge in [0.1, 0.15) is 17.2 Å². The van der Waals surface area contributed by atoms with E-state index in [0.717, 1.165) is 73.6 Å². The van der Waals surface area contributed by atoms with Crippen molar-refractivity contribution in [2.24, 2.45) is 0 Å². The number of ether oxygens (including phenoxy) is 6. The second-order valence-corrected chi connectivity index (χ2v) is 12.8. The molecule has 0 aliphatic carbocycles. The summed E-state index contributed by atoms with van der Waals surface area (Å²) in [5.74, 6) is -3.06. The molecule has 2 unspecified atom stereocenters. The van der Waals surface area contributed by atoms with E-state index in [-0.39, 0.29) is 43.5 Å². The summed E-state index contributed by atoms with van der Waals surface area (Å²) in [5.41, 5.74) is 2.16. The lowest BCUT2D eigenvalue weighted by molar-refractivity contribution is -0.283. The second kappa shape index (κ2) is 19.9. The van der Waals surface area contributed by atoms with Gasteiger partial charge in [0.15, 0.2) is 13.6 Å². The van der Waals surface area contributed by atoms with Crippen LogP contribution in [0.3, 0.4) is 0 Å². The van der Waals surface area contributed by atoms with Crippen molar-refractivity contribution in [2.75, 3.05) is 41.0 Å². The SMILES string of the molecule is CCOC(=O)/C(=C/CCC(F)(F)C(F)(F)F)CCCCCCCCCC1c2ccc(OCOC)cc2OCC1(C)c1ccc(OCOC)cc1. The van der Waals surface area contributed by atoms with E-state index < -0.39 is 30.9 Å². The third-order valence-electron chi connectivity index (χ3n) is 9.10. The van der Waals surface area contributed by atoms with Gasteiger partial charge in [-0.2, -0.15) is 22.0 Å². The highest BCUT2D eigenvalue weighted by Gasteiger charge is 2.56. The number of esters is 1. The number of alkyl halides is 5. The zero-order valence-corrected chi connectivity index (χ0v) is 29.6. The van der Waals surface area contributed by atoms with Crippen molar-refractivity contribution in [1.82, 2.24) is 0 Å². The van der Waals surface area contributed by atoms with Gasteiger partial charge in [-0.1, -0.05) is 69.7 Å². The molecule has 7 nitrogen and oxygen atoms in total. The second-order valence-electron chi connectivity index (χ2n) is 12.8. The number of carbonyl (C=O) groups excluding carboxylic acids is 1. The Labute approximate surface area is 292 Å². The number of fused-ring (bicyclic) bond motifs is 1. The average Bonchev–Trinajstić information content (AvgIpc) is 3.08. The third kappa shape index (κ3) is 11.9. The van der Waals surface area contributed by atoms with Crippen LogP contribution >= 0.6 is 0 Å². The molecule has 0 saturated heterocycles. The molecule has 0 fully saturated rings. The van der Waals surface area contributed by atoms with Gasteiger partial charge in [-0.3, -0.25) is 0 Å². The number of rotatable bonds is 22. The molecule has 2 aromatic rings. The molecule has 50 heavy (non-hydrogen) atoms. The fourth-order valence-electron chi connectivity index (χ4n) is 6.26. The van der Waals surface area contributed by atoms with E-state index in [1.54, 1.807) is 21.1 Å². The van der Waals surface area contributed by atoms with Crippen molar-refractivity contribution >= 4 is 5.97 Å². The van der Waals surface area contributed by atoms with E-state index in [9.17, 15) is 26.7 Å². The standard InChI is InChI=1S/C38H51F5O7/c1-5-47-35(44)28(15-13-23-37(39,40)38(41,42)43)14-11-9-7-6-8-10-12-16-33-32-22-21-31(50-27-46-4)24-34(32)48-25-36(33,2)29-17-19-30(20-18-29)49-26-45-3/h15,17-22,24,33H,5-14,16,23,25-27H2,1-4H3/b28-15+. The molecule has 0 aromatic heterocycles. The molecular formula is C38H51F5O7. The first-order valence-electron chi connectivity index (χ1n) is 17.3. The summed E-state index contributed by atoms with van der Waals surface area (Å²) >= 11 is 0. The highest BCUT2D eigenvalue weighted by molar-refractivity contribution is 5.88. The molecule has 0 bridgehead atoms. The van der Waals surface area contributed by atoms with Crippen molar-refractivity contribution in [2.45, 2.75) is 108 Å². The minimum atomic E-state index is -5.62. The van der Waals surface area contributed by atoms with Crippen LogP contribution in [-0.4, -0.2) is 59.1 Å². The molecule has 0 amide bonds. The first-order valence-corrected chi connectivity index (χ1v) is 17.3. The molecular weight excluding hydrogens is 663 g/mol. The summed E-state index contributed by atoms with van der Waals surface area (Å²) in [7, 11) is 3.15. The van der Waals surface area contributed by atoms with Gasteiger partial charge in [0, 0.05) is 43.6 Å². The number of carbonyl (C=O) groups is 1. The van der Waals surface area contributed by atoms with Crippen molar-refractivity contribution in [1.29, 1.82) is 0 Å². The number of methoxy groups -OCH3 is 2. The third-order valence-corrected chi connectivity index (χ3v) is 9.10. The summed E-state index contributed by atoms with van der Waals surface area (Å²) in [6.07, 6.45) is 1.19. The lowest BCUT2D eigenvalue weighted by Gasteiger charge is -2.43. The van der Waals surface area contributed by atoms with Crippen LogP contribution in [0, 0.1) is 0 Å². The van der Waals surface area contributed by atoms with Gasteiger partial charge >= 0.3 is 18.1 Å². The highest BCUT2D eigenvalue weighted by Crippen LogP contribution is 2.50. The number of halogens is 5. The van der Waals surface area contributed by atoms with Crippen molar-refractivity contribution in [3.05, 3.63) is 65.2 Å². The Morgan fingerprint density at radius 1 is 0.880 bits per heavy atom.